The summed E-state index contributed by atoms with van der Waals surface area (Å²) in [5.74, 6) is 0. The van der Waals surface area contributed by atoms with Crippen molar-refractivity contribution in [3.8, 4) is 11.1 Å². The molecule has 0 aliphatic rings. The Balaban J connectivity index is 1.86. The van der Waals surface area contributed by atoms with Gasteiger partial charge in [-0.2, -0.15) is 5.11 Å². The predicted octanol–water partition coefficient (Wildman–Crippen LogP) is 7.06. The van der Waals surface area contributed by atoms with Gasteiger partial charge in [0.05, 0.1) is 11.4 Å². The molecule has 2 nitrogen and oxygen atoms in total. The monoisotopic (exact) mass is 310 g/mol. The highest BCUT2D eigenvalue weighted by Crippen LogP contribution is 2.28. The van der Waals surface area contributed by atoms with E-state index in [9.17, 15) is 0 Å². The molecular weight excluding hydrogens is 292 g/mol. The fourth-order valence-electron chi connectivity index (χ4n) is 2.51. The second-order valence-electron chi connectivity index (χ2n) is 5.30. The Morgan fingerprint density at radius 1 is 0.625 bits per heavy atom. The number of benzene rings is 3. The van der Waals surface area contributed by atoms with Gasteiger partial charge >= 0.3 is 0 Å². The van der Waals surface area contributed by atoms with E-state index in [4.69, 9.17) is 0 Å². The molecule has 116 valence electrons. The van der Waals surface area contributed by atoms with Crippen LogP contribution in [0, 0.1) is 0 Å². The molecule has 0 N–H and O–H groups in total. The molecule has 0 saturated heterocycles. The molecule has 24 heavy (non-hydrogen) atoms. The lowest BCUT2D eigenvalue weighted by molar-refractivity contribution is 1.23. The van der Waals surface area contributed by atoms with Gasteiger partial charge in [0.15, 0.2) is 0 Å². The van der Waals surface area contributed by atoms with Gasteiger partial charge in [-0.3, -0.25) is 0 Å². The van der Waals surface area contributed by atoms with Crippen LogP contribution in [0.25, 0.3) is 23.3 Å². The molecule has 0 spiro atoms. The van der Waals surface area contributed by atoms with Gasteiger partial charge in [-0.25, -0.2) is 0 Å². The van der Waals surface area contributed by atoms with Crippen LogP contribution >= 0.6 is 0 Å². The van der Waals surface area contributed by atoms with E-state index in [0.717, 1.165) is 33.6 Å². The second kappa shape index (κ2) is 7.34. The molecule has 2 heteroatoms. The van der Waals surface area contributed by atoms with Crippen molar-refractivity contribution < 1.29 is 0 Å². The van der Waals surface area contributed by atoms with Crippen LogP contribution in [0.15, 0.2) is 96.2 Å². The maximum atomic E-state index is 4.32. The number of hydrogen-bond donors (Lipinski definition) is 0. The van der Waals surface area contributed by atoms with Gasteiger partial charge in [0.2, 0.25) is 0 Å². The number of hydrogen-bond acceptors (Lipinski definition) is 2. The maximum absolute atomic E-state index is 4.32. The van der Waals surface area contributed by atoms with E-state index >= 15 is 0 Å². The fraction of sp³-hybridized carbons (Fsp3) is 0. The number of nitrogens with zero attached hydrogens (tertiary/aromatic N) is 2. The van der Waals surface area contributed by atoms with Gasteiger partial charge in [-0.1, -0.05) is 79.9 Å². The minimum Gasteiger partial charge on any atom is -0.151 e. The minimum absolute atomic E-state index is 0.813. The SMILES string of the molecule is C=Cc1ccccc1N=Nc1ccc(-c2ccccc2C=C)cc1. The fourth-order valence-corrected chi connectivity index (χ4v) is 2.51. The molecule has 0 unspecified atom stereocenters. The van der Waals surface area contributed by atoms with Crippen molar-refractivity contribution in [2.24, 2.45) is 10.2 Å². The molecule has 3 rings (SSSR count). The van der Waals surface area contributed by atoms with Crippen LogP contribution in [0.2, 0.25) is 0 Å². The highest BCUT2D eigenvalue weighted by atomic mass is 15.1. The molecule has 0 radical (unpaired) electrons. The van der Waals surface area contributed by atoms with E-state index in [-0.39, 0.29) is 0 Å². The lowest BCUT2D eigenvalue weighted by Gasteiger charge is -2.06. The zero-order valence-corrected chi connectivity index (χ0v) is 13.4. The van der Waals surface area contributed by atoms with Gasteiger partial charge in [0.1, 0.15) is 0 Å². The predicted molar refractivity (Wildman–Crippen MR) is 103 cm³/mol. The zero-order valence-electron chi connectivity index (χ0n) is 13.4. The number of azo groups is 1. The van der Waals surface area contributed by atoms with Crippen molar-refractivity contribution in [1.82, 2.24) is 0 Å². The molecule has 0 aliphatic heterocycles. The summed E-state index contributed by atoms with van der Waals surface area (Å²) >= 11 is 0. The van der Waals surface area contributed by atoms with E-state index in [1.165, 1.54) is 0 Å². The van der Waals surface area contributed by atoms with E-state index in [2.05, 4.69) is 47.7 Å². The summed E-state index contributed by atoms with van der Waals surface area (Å²) in [5, 5.41) is 8.64. The van der Waals surface area contributed by atoms with Crippen molar-refractivity contribution in [3.05, 3.63) is 97.1 Å². The third kappa shape index (κ3) is 3.39. The van der Waals surface area contributed by atoms with Crippen LogP contribution < -0.4 is 0 Å². The first-order valence-electron chi connectivity index (χ1n) is 7.77. The topological polar surface area (TPSA) is 24.7 Å². The van der Waals surface area contributed by atoms with Crippen molar-refractivity contribution in [2.75, 3.05) is 0 Å². The molecule has 3 aromatic rings. The largest absolute Gasteiger partial charge is 0.151 e. The first kappa shape index (κ1) is 15.6. The van der Waals surface area contributed by atoms with Crippen molar-refractivity contribution in [3.63, 3.8) is 0 Å². The molecule has 0 heterocycles. The Kier molecular flexibility index (Phi) is 4.78. The smallest absolute Gasteiger partial charge is 0.0929 e. The van der Waals surface area contributed by atoms with E-state index in [1.807, 2.05) is 54.6 Å². The quantitative estimate of drug-likeness (QED) is 0.451. The summed E-state index contributed by atoms with van der Waals surface area (Å²) < 4.78 is 0. The van der Waals surface area contributed by atoms with Crippen LogP contribution in [0.4, 0.5) is 11.4 Å². The van der Waals surface area contributed by atoms with Crippen molar-refractivity contribution in [2.45, 2.75) is 0 Å². The van der Waals surface area contributed by atoms with Crippen LogP contribution in [-0.2, 0) is 0 Å². The standard InChI is InChI=1S/C22H18N2/c1-3-17-9-5-7-11-21(17)19-13-15-20(16-14-19)23-24-22-12-8-6-10-18(22)4-2/h3-16H,1-2H2. The molecule has 0 fully saturated rings. The summed E-state index contributed by atoms with van der Waals surface area (Å²) in [5.41, 5.74) is 6.01. The summed E-state index contributed by atoms with van der Waals surface area (Å²) in [7, 11) is 0. The molecular formula is C22H18N2. The van der Waals surface area contributed by atoms with Crippen LogP contribution in [0.3, 0.4) is 0 Å². The Morgan fingerprint density at radius 2 is 1.25 bits per heavy atom. The molecule has 0 atom stereocenters. The molecule has 0 aromatic heterocycles. The summed E-state index contributed by atoms with van der Waals surface area (Å²) in [4.78, 5) is 0. The van der Waals surface area contributed by atoms with Gasteiger partial charge in [-0.05, 0) is 34.9 Å². The van der Waals surface area contributed by atoms with Crippen molar-refractivity contribution >= 4 is 23.5 Å². The average Bonchev–Trinajstić information content (AvgIpc) is 2.67. The first-order chi connectivity index (χ1) is 11.8. The van der Waals surface area contributed by atoms with E-state index < -0.39 is 0 Å². The molecule has 0 amide bonds. The average molecular weight is 310 g/mol. The molecule has 0 aliphatic carbocycles. The summed E-state index contributed by atoms with van der Waals surface area (Å²) in [6.07, 6.45) is 3.65. The zero-order chi connectivity index (χ0) is 16.8. The van der Waals surface area contributed by atoms with E-state index in [1.54, 1.807) is 6.08 Å². The third-order valence-corrected chi connectivity index (χ3v) is 3.79. The van der Waals surface area contributed by atoms with Crippen molar-refractivity contribution in [1.29, 1.82) is 0 Å². The van der Waals surface area contributed by atoms with Crippen LogP contribution in [0.1, 0.15) is 11.1 Å². The second-order valence-corrected chi connectivity index (χ2v) is 5.30. The molecule has 3 aromatic carbocycles. The molecule has 0 saturated carbocycles. The van der Waals surface area contributed by atoms with Crippen LogP contribution in [-0.4, -0.2) is 0 Å². The summed E-state index contributed by atoms with van der Waals surface area (Å²) in [6, 6.07) is 24.0. The minimum atomic E-state index is 0.813. The number of rotatable bonds is 5. The van der Waals surface area contributed by atoms with Gasteiger partial charge in [0, 0.05) is 5.56 Å². The molecule has 0 bridgehead atoms. The maximum Gasteiger partial charge on any atom is 0.0929 e. The third-order valence-electron chi connectivity index (χ3n) is 3.79. The van der Waals surface area contributed by atoms with Gasteiger partial charge in [0.25, 0.3) is 0 Å². The van der Waals surface area contributed by atoms with Gasteiger partial charge < -0.3 is 0 Å². The Morgan fingerprint density at radius 3 is 1.96 bits per heavy atom. The normalized spacial score (nSPS) is 10.7. The first-order valence-corrected chi connectivity index (χ1v) is 7.77. The van der Waals surface area contributed by atoms with Crippen LogP contribution in [0.5, 0.6) is 0 Å². The summed E-state index contributed by atoms with van der Waals surface area (Å²) in [6.45, 7) is 7.67. The van der Waals surface area contributed by atoms with E-state index in [0.29, 0.717) is 0 Å². The Labute approximate surface area is 142 Å². The lowest BCUT2D eigenvalue weighted by atomic mass is 10.00. The Hall–Kier alpha value is -3.26. The van der Waals surface area contributed by atoms with Gasteiger partial charge in [-0.15, -0.1) is 5.11 Å². The highest BCUT2D eigenvalue weighted by molar-refractivity contribution is 5.75. The Bertz CT molecular complexity index is 890. The highest BCUT2D eigenvalue weighted by Gasteiger charge is 2.02. The lowest BCUT2D eigenvalue weighted by Crippen LogP contribution is -1.81.